The van der Waals surface area contributed by atoms with Gasteiger partial charge in [-0.3, -0.25) is 4.79 Å². The summed E-state index contributed by atoms with van der Waals surface area (Å²) in [5.74, 6) is 0.740. The molecule has 0 bridgehead atoms. The quantitative estimate of drug-likeness (QED) is 0.548. The van der Waals surface area contributed by atoms with Crippen LogP contribution in [0.1, 0.15) is 65.2 Å². The summed E-state index contributed by atoms with van der Waals surface area (Å²) < 4.78 is 11.3. The molecular formula is C23H38N2O3. The van der Waals surface area contributed by atoms with Crippen LogP contribution in [-0.4, -0.2) is 49.8 Å². The van der Waals surface area contributed by atoms with E-state index in [1.165, 1.54) is 38.8 Å². The Morgan fingerprint density at radius 3 is 2.39 bits per heavy atom. The highest BCUT2D eigenvalue weighted by Gasteiger charge is 2.32. The molecule has 1 aliphatic rings. The molecule has 0 aliphatic carbocycles. The third-order valence-corrected chi connectivity index (χ3v) is 5.64. The number of hydrogen-bond acceptors (Lipinski definition) is 4. The lowest BCUT2D eigenvalue weighted by Crippen LogP contribution is -2.41. The van der Waals surface area contributed by atoms with Crippen molar-refractivity contribution < 1.29 is 14.3 Å². The average Bonchev–Trinajstić information content (AvgIpc) is 2.99. The Labute approximate surface area is 170 Å². The standard InChI is InChI=1S/C23H38N2O3/c1-4-5-15-23(2,27-3)22(26)24-20-11-13-21(14-12-20)28-19-10-18-25-16-8-6-7-9-17-25/h11-14H,4-10,15-19H2,1-3H3,(H,24,26). The Kier molecular flexibility index (Phi) is 9.79. The molecule has 1 heterocycles. The van der Waals surface area contributed by atoms with Gasteiger partial charge in [0.25, 0.3) is 5.91 Å². The highest BCUT2D eigenvalue weighted by Crippen LogP contribution is 2.22. The first-order valence-electron chi connectivity index (χ1n) is 10.9. The van der Waals surface area contributed by atoms with E-state index < -0.39 is 5.60 Å². The number of amides is 1. The Morgan fingerprint density at radius 1 is 1.11 bits per heavy atom. The van der Waals surface area contributed by atoms with Crippen LogP contribution in [0, 0.1) is 0 Å². The molecule has 0 spiro atoms. The zero-order chi connectivity index (χ0) is 20.2. The van der Waals surface area contributed by atoms with Gasteiger partial charge in [0.1, 0.15) is 11.4 Å². The fraction of sp³-hybridized carbons (Fsp3) is 0.696. The van der Waals surface area contributed by atoms with Crippen molar-refractivity contribution in [2.45, 2.75) is 70.8 Å². The number of carbonyl (C=O) groups is 1. The lowest BCUT2D eigenvalue weighted by molar-refractivity contribution is -0.136. The largest absolute Gasteiger partial charge is 0.494 e. The molecule has 1 unspecified atom stereocenters. The van der Waals surface area contributed by atoms with Crippen LogP contribution in [0.5, 0.6) is 5.75 Å². The van der Waals surface area contributed by atoms with E-state index in [-0.39, 0.29) is 5.91 Å². The normalized spacial score (nSPS) is 17.5. The number of hydrogen-bond donors (Lipinski definition) is 1. The maximum absolute atomic E-state index is 12.6. The second-order valence-corrected chi connectivity index (χ2v) is 7.97. The average molecular weight is 391 g/mol. The van der Waals surface area contributed by atoms with Crippen LogP contribution in [0.4, 0.5) is 5.69 Å². The zero-order valence-corrected chi connectivity index (χ0v) is 18.0. The van der Waals surface area contributed by atoms with Crippen molar-refractivity contribution in [3.05, 3.63) is 24.3 Å². The van der Waals surface area contributed by atoms with E-state index >= 15 is 0 Å². The molecule has 1 amide bonds. The summed E-state index contributed by atoms with van der Waals surface area (Å²) in [5, 5.41) is 2.96. The third kappa shape index (κ3) is 7.44. The van der Waals surface area contributed by atoms with Crippen molar-refractivity contribution in [2.24, 2.45) is 0 Å². The highest BCUT2D eigenvalue weighted by molar-refractivity contribution is 5.97. The number of likely N-dealkylation sites (tertiary alicyclic amines) is 1. The minimum atomic E-state index is -0.793. The molecule has 158 valence electrons. The third-order valence-electron chi connectivity index (χ3n) is 5.64. The van der Waals surface area contributed by atoms with Gasteiger partial charge in [0.2, 0.25) is 0 Å². The molecule has 1 fully saturated rings. The molecule has 1 atom stereocenters. The first kappa shape index (κ1) is 22.7. The van der Waals surface area contributed by atoms with Gasteiger partial charge >= 0.3 is 0 Å². The summed E-state index contributed by atoms with van der Waals surface area (Å²) in [6.07, 6.45) is 9.16. The number of unbranched alkanes of at least 4 members (excludes halogenated alkanes) is 1. The maximum atomic E-state index is 12.6. The minimum Gasteiger partial charge on any atom is -0.494 e. The molecule has 0 aromatic heterocycles. The number of anilines is 1. The Morgan fingerprint density at radius 2 is 1.79 bits per heavy atom. The van der Waals surface area contributed by atoms with Crippen LogP contribution in [-0.2, 0) is 9.53 Å². The fourth-order valence-corrected chi connectivity index (χ4v) is 3.56. The van der Waals surface area contributed by atoms with E-state index in [1.54, 1.807) is 7.11 Å². The van der Waals surface area contributed by atoms with Crippen molar-refractivity contribution in [1.29, 1.82) is 0 Å². The summed E-state index contributed by atoms with van der Waals surface area (Å²) in [4.78, 5) is 15.1. The van der Waals surface area contributed by atoms with Gasteiger partial charge in [-0.1, -0.05) is 32.6 Å². The predicted octanol–water partition coefficient (Wildman–Crippen LogP) is 4.87. The van der Waals surface area contributed by atoms with Gasteiger partial charge in [-0.15, -0.1) is 0 Å². The van der Waals surface area contributed by atoms with Crippen LogP contribution in [0.3, 0.4) is 0 Å². The van der Waals surface area contributed by atoms with Gasteiger partial charge < -0.3 is 19.7 Å². The van der Waals surface area contributed by atoms with Gasteiger partial charge in [0, 0.05) is 19.3 Å². The Hall–Kier alpha value is -1.59. The monoisotopic (exact) mass is 390 g/mol. The Bertz CT molecular complexity index is 568. The van der Waals surface area contributed by atoms with Gasteiger partial charge in [-0.2, -0.15) is 0 Å². The molecular weight excluding hydrogens is 352 g/mol. The molecule has 1 saturated heterocycles. The van der Waals surface area contributed by atoms with Crippen LogP contribution >= 0.6 is 0 Å². The molecule has 28 heavy (non-hydrogen) atoms. The van der Waals surface area contributed by atoms with Gasteiger partial charge in [0.05, 0.1) is 6.61 Å². The van der Waals surface area contributed by atoms with E-state index in [0.29, 0.717) is 6.42 Å². The van der Waals surface area contributed by atoms with Gasteiger partial charge in [-0.25, -0.2) is 0 Å². The topological polar surface area (TPSA) is 50.8 Å². The van der Waals surface area contributed by atoms with Crippen LogP contribution < -0.4 is 10.1 Å². The second kappa shape index (κ2) is 12.1. The molecule has 1 aromatic rings. The fourth-order valence-electron chi connectivity index (χ4n) is 3.56. The first-order chi connectivity index (χ1) is 13.6. The van der Waals surface area contributed by atoms with E-state index in [0.717, 1.165) is 43.9 Å². The van der Waals surface area contributed by atoms with Crippen molar-refractivity contribution in [3.8, 4) is 5.75 Å². The predicted molar refractivity (Wildman–Crippen MR) is 115 cm³/mol. The van der Waals surface area contributed by atoms with Crippen LogP contribution in [0.25, 0.3) is 0 Å². The minimum absolute atomic E-state index is 0.102. The highest BCUT2D eigenvalue weighted by atomic mass is 16.5. The number of rotatable bonds is 11. The molecule has 1 aromatic carbocycles. The number of nitrogens with one attached hydrogen (secondary N) is 1. The summed E-state index contributed by atoms with van der Waals surface area (Å²) in [7, 11) is 1.60. The Balaban J connectivity index is 1.74. The number of ether oxygens (including phenoxy) is 2. The molecule has 0 saturated carbocycles. The molecule has 0 radical (unpaired) electrons. The van der Waals surface area contributed by atoms with E-state index in [9.17, 15) is 4.79 Å². The number of benzene rings is 1. The lowest BCUT2D eigenvalue weighted by Gasteiger charge is -2.26. The SMILES string of the molecule is CCCCC(C)(OC)C(=O)Nc1ccc(OCCCN2CCCCCC2)cc1. The summed E-state index contributed by atoms with van der Waals surface area (Å²) >= 11 is 0. The lowest BCUT2D eigenvalue weighted by atomic mass is 9.97. The first-order valence-corrected chi connectivity index (χ1v) is 10.9. The molecule has 1 N–H and O–H groups in total. The van der Waals surface area contributed by atoms with E-state index in [2.05, 4.69) is 17.1 Å². The number of carbonyl (C=O) groups excluding carboxylic acids is 1. The maximum Gasteiger partial charge on any atom is 0.256 e. The molecule has 2 rings (SSSR count). The van der Waals surface area contributed by atoms with Crippen LogP contribution in [0.15, 0.2) is 24.3 Å². The van der Waals surface area contributed by atoms with Crippen LogP contribution in [0.2, 0.25) is 0 Å². The number of nitrogens with zero attached hydrogens (tertiary/aromatic N) is 1. The molecule has 5 nitrogen and oxygen atoms in total. The molecule has 5 heteroatoms. The van der Waals surface area contributed by atoms with Gasteiger partial charge in [-0.05, 0) is 70.0 Å². The smallest absolute Gasteiger partial charge is 0.256 e. The number of methoxy groups -OCH3 is 1. The van der Waals surface area contributed by atoms with E-state index in [1.807, 2.05) is 31.2 Å². The van der Waals surface area contributed by atoms with Crippen molar-refractivity contribution in [1.82, 2.24) is 4.90 Å². The van der Waals surface area contributed by atoms with Gasteiger partial charge in [0.15, 0.2) is 0 Å². The zero-order valence-electron chi connectivity index (χ0n) is 18.0. The van der Waals surface area contributed by atoms with Crippen molar-refractivity contribution in [3.63, 3.8) is 0 Å². The molecule has 1 aliphatic heterocycles. The van der Waals surface area contributed by atoms with Crippen molar-refractivity contribution >= 4 is 11.6 Å². The van der Waals surface area contributed by atoms with E-state index in [4.69, 9.17) is 9.47 Å². The summed E-state index contributed by atoms with van der Waals surface area (Å²) in [6, 6.07) is 7.60. The van der Waals surface area contributed by atoms with Crippen molar-refractivity contribution in [2.75, 3.05) is 38.7 Å². The summed E-state index contributed by atoms with van der Waals surface area (Å²) in [6.45, 7) is 8.25. The second-order valence-electron chi connectivity index (χ2n) is 7.97. The summed E-state index contributed by atoms with van der Waals surface area (Å²) in [5.41, 5.74) is -0.0277.